The van der Waals surface area contributed by atoms with E-state index in [1.165, 1.54) is 0 Å². The number of hydrogen-bond donors (Lipinski definition) is 2. The van der Waals surface area contributed by atoms with Crippen LogP contribution in [-0.4, -0.2) is 33.9 Å². The first-order valence-electron chi connectivity index (χ1n) is 4.30. The quantitative estimate of drug-likeness (QED) is 0.551. The van der Waals surface area contributed by atoms with Crippen molar-refractivity contribution in [2.75, 3.05) is 0 Å². The van der Waals surface area contributed by atoms with Gasteiger partial charge in [-0.1, -0.05) is 0 Å². The lowest BCUT2D eigenvalue weighted by molar-refractivity contribution is 0.0674. The van der Waals surface area contributed by atoms with Gasteiger partial charge in [0.1, 0.15) is 0 Å². The van der Waals surface area contributed by atoms with Crippen molar-refractivity contribution in [1.82, 2.24) is 0 Å². The first-order chi connectivity index (χ1) is 6.87. The van der Waals surface area contributed by atoms with Crippen molar-refractivity contribution in [3.05, 3.63) is 0 Å². The van der Waals surface area contributed by atoms with E-state index in [0.29, 0.717) is 19.3 Å². The second kappa shape index (κ2) is 5.32. The molecule has 0 spiro atoms. The summed E-state index contributed by atoms with van der Waals surface area (Å²) in [5.41, 5.74) is 0. The van der Waals surface area contributed by atoms with Crippen LogP contribution in [0.3, 0.4) is 0 Å². The Morgan fingerprint density at radius 2 is 1.87 bits per heavy atom. The van der Waals surface area contributed by atoms with E-state index in [9.17, 15) is 12.6 Å². The number of hydrogen-bond acceptors (Lipinski definition) is 5. The maximum Gasteiger partial charge on any atom is 0.397 e. The molecule has 0 radical (unpaired) electrons. The normalized spacial score (nSPS) is 30.0. The fourth-order valence-corrected chi connectivity index (χ4v) is 2.49. The van der Waals surface area contributed by atoms with Gasteiger partial charge in [0.2, 0.25) is 0 Å². The minimum absolute atomic E-state index is 0.173. The maximum atomic E-state index is 10.4. The summed E-state index contributed by atoms with van der Waals surface area (Å²) in [5, 5.41) is 0. The molecule has 9 heteroatoms. The molecule has 1 rings (SSSR count). The third-order valence-corrected chi connectivity index (χ3v) is 3.01. The van der Waals surface area contributed by atoms with Crippen molar-refractivity contribution >= 4 is 21.8 Å². The lowest BCUT2D eigenvalue weighted by Gasteiger charge is -2.26. The molecule has 1 saturated carbocycles. The Morgan fingerprint density at radius 1 is 1.27 bits per heavy atom. The zero-order valence-corrected chi connectivity index (χ0v) is 9.37. The van der Waals surface area contributed by atoms with Crippen LogP contribution < -0.4 is 0 Å². The summed E-state index contributed by atoms with van der Waals surface area (Å²) < 4.78 is 57.0. The molecule has 0 heterocycles. The van der Waals surface area contributed by atoms with E-state index in [4.69, 9.17) is 9.11 Å². The highest BCUT2D eigenvalue weighted by atomic mass is 32.3. The third kappa shape index (κ3) is 5.54. The Morgan fingerprint density at radius 3 is 2.40 bits per heavy atom. The van der Waals surface area contributed by atoms with E-state index in [1.54, 1.807) is 0 Å². The van der Waals surface area contributed by atoms with Gasteiger partial charge in [0.05, 0.1) is 12.2 Å². The molecule has 1 aliphatic carbocycles. The summed E-state index contributed by atoms with van der Waals surface area (Å²) in [6, 6.07) is 0. The molecule has 90 valence electrons. The summed E-state index contributed by atoms with van der Waals surface area (Å²) in [7, 11) is -4.47. The highest BCUT2D eigenvalue weighted by Gasteiger charge is 2.27. The molecule has 3 unspecified atom stereocenters. The second-order valence-corrected chi connectivity index (χ2v) is 4.92. The molecule has 3 atom stereocenters. The van der Waals surface area contributed by atoms with E-state index >= 15 is 0 Å². The molecule has 0 aromatic carbocycles. The van der Waals surface area contributed by atoms with Crippen LogP contribution in [0, 0.1) is 0 Å². The molecule has 2 N–H and O–H groups in total. The van der Waals surface area contributed by atoms with Gasteiger partial charge in [-0.05, 0) is 19.3 Å². The van der Waals surface area contributed by atoms with Crippen molar-refractivity contribution in [1.29, 1.82) is 0 Å². The Labute approximate surface area is 90.2 Å². The second-order valence-electron chi connectivity index (χ2n) is 3.25. The molecule has 0 aromatic heterocycles. The van der Waals surface area contributed by atoms with E-state index in [0.717, 1.165) is 0 Å². The van der Waals surface area contributed by atoms with Gasteiger partial charge < -0.3 is 0 Å². The minimum Gasteiger partial charge on any atom is -0.284 e. The van der Waals surface area contributed by atoms with Gasteiger partial charge >= 0.3 is 21.8 Å². The summed E-state index contributed by atoms with van der Waals surface area (Å²) in [6.07, 6.45) is 0.613. The van der Waals surface area contributed by atoms with Gasteiger partial charge in [0.15, 0.2) is 0 Å². The maximum absolute atomic E-state index is 10.4. The first kappa shape index (κ1) is 13.0. The topological polar surface area (TPSA) is 110 Å². The standard InChI is InChI=1S/C6H12O7S2/c7-14(8)12-5-2-1-3-6(4-5)13-15(9,10)11/h5-6H,1-4H2,(H,7,8)(H,9,10,11). The van der Waals surface area contributed by atoms with Crippen molar-refractivity contribution in [3.63, 3.8) is 0 Å². The van der Waals surface area contributed by atoms with E-state index in [1.807, 2.05) is 0 Å². The summed E-state index contributed by atoms with van der Waals surface area (Å²) in [5.74, 6) is 0. The van der Waals surface area contributed by atoms with Crippen molar-refractivity contribution in [3.8, 4) is 0 Å². The van der Waals surface area contributed by atoms with Crippen molar-refractivity contribution in [2.24, 2.45) is 0 Å². The molecule has 0 aliphatic heterocycles. The monoisotopic (exact) mass is 260 g/mol. The van der Waals surface area contributed by atoms with Gasteiger partial charge in [0, 0.05) is 6.42 Å². The molecule has 7 nitrogen and oxygen atoms in total. The van der Waals surface area contributed by atoms with Gasteiger partial charge in [0.25, 0.3) is 0 Å². The van der Waals surface area contributed by atoms with Gasteiger partial charge in [-0.25, -0.2) is 4.18 Å². The number of rotatable bonds is 4. The smallest absolute Gasteiger partial charge is 0.284 e. The average Bonchev–Trinajstić information content (AvgIpc) is 1.99. The van der Waals surface area contributed by atoms with Crippen LogP contribution in [-0.2, 0) is 30.1 Å². The Hall–Kier alpha value is -0.0600. The molecule has 1 fully saturated rings. The van der Waals surface area contributed by atoms with Gasteiger partial charge in [-0.3, -0.25) is 13.3 Å². The average molecular weight is 260 g/mol. The highest BCUT2D eigenvalue weighted by molar-refractivity contribution is 7.80. The third-order valence-electron chi connectivity index (χ3n) is 2.05. The fourth-order valence-electron chi connectivity index (χ4n) is 1.57. The van der Waals surface area contributed by atoms with Crippen LogP contribution in [0.25, 0.3) is 0 Å². The van der Waals surface area contributed by atoms with Crippen molar-refractivity contribution in [2.45, 2.75) is 37.9 Å². The predicted molar refractivity (Wildman–Crippen MR) is 50.5 cm³/mol. The van der Waals surface area contributed by atoms with E-state index in [2.05, 4.69) is 8.37 Å². The predicted octanol–water partition coefficient (Wildman–Crippen LogP) is 0.270. The first-order valence-corrected chi connectivity index (χ1v) is 6.70. The largest absolute Gasteiger partial charge is 0.397 e. The van der Waals surface area contributed by atoms with Crippen LogP contribution >= 0.6 is 0 Å². The van der Waals surface area contributed by atoms with Crippen LogP contribution in [0.4, 0.5) is 0 Å². The van der Waals surface area contributed by atoms with Crippen molar-refractivity contribution < 1.29 is 30.1 Å². The lowest BCUT2D eigenvalue weighted by atomic mass is 9.95. The van der Waals surface area contributed by atoms with Crippen LogP contribution in [0.15, 0.2) is 0 Å². The molecule has 0 saturated heterocycles. The lowest BCUT2D eigenvalue weighted by Crippen LogP contribution is -2.30. The zero-order valence-electron chi connectivity index (χ0n) is 7.74. The van der Waals surface area contributed by atoms with Gasteiger partial charge in [-0.2, -0.15) is 12.6 Å². The highest BCUT2D eigenvalue weighted by Crippen LogP contribution is 2.24. The van der Waals surface area contributed by atoms with E-state index < -0.39 is 34.0 Å². The van der Waals surface area contributed by atoms with Gasteiger partial charge in [-0.15, -0.1) is 0 Å². The molecular weight excluding hydrogens is 248 g/mol. The fraction of sp³-hybridized carbons (Fsp3) is 1.00. The molecular formula is C6H12O7S2. The van der Waals surface area contributed by atoms with Crippen LogP contribution in [0.5, 0.6) is 0 Å². The SMILES string of the molecule is O=S(O)OC1CCCC(OS(=O)(=O)O)C1. The van der Waals surface area contributed by atoms with Crippen LogP contribution in [0.1, 0.15) is 25.7 Å². The zero-order chi connectivity index (χ0) is 11.5. The van der Waals surface area contributed by atoms with E-state index in [-0.39, 0.29) is 6.42 Å². The Kier molecular flexibility index (Phi) is 4.62. The Balaban J connectivity index is 2.45. The van der Waals surface area contributed by atoms with Crippen LogP contribution in [0.2, 0.25) is 0 Å². The molecule has 0 amide bonds. The Bertz CT molecular complexity index is 324. The summed E-state index contributed by atoms with van der Waals surface area (Å²) in [4.78, 5) is 0. The summed E-state index contributed by atoms with van der Waals surface area (Å²) in [6.45, 7) is 0. The minimum atomic E-state index is -4.47. The molecule has 1 aliphatic rings. The summed E-state index contributed by atoms with van der Waals surface area (Å²) >= 11 is -2.37. The molecule has 15 heavy (non-hydrogen) atoms. The molecule has 0 aromatic rings. The molecule has 0 bridgehead atoms.